The van der Waals surface area contributed by atoms with Gasteiger partial charge in [0.2, 0.25) is 5.91 Å². The van der Waals surface area contributed by atoms with E-state index in [1.165, 1.54) is 12.8 Å². The second-order valence-corrected chi connectivity index (χ2v) is 4.91. The maximum absolute atomic E-state index is 11.8. The quantitative estimate of drug-likeness (QED) is 0.668. The minimum absolute atomic E-state index is 0.0110. The van der Waals surface area contributed by atoms with Gasteiger partial charge in [-0.25, -0.2) is 0 Å². The lowest BCUT2D eigenvalue weighted by Crippen LogP contribution is -2.54. The second-order valence-electron chi connectivity index (χ2n) is 4.91. The van der Waals surface area contributed by atoms with Crippen LogP contribution in [-0.4, -0.2) is 36.4 Å². The van der Waals surface area contributed by atoms with E-state index < -0.39 is 5.54 Å². The molecule has 1 aliphatic rings. The standard InChI is InChI=1S/C13H25NO3/c1-2-3-4-5-6-12(16)14-13(11-15)7-9-17-10-8-13/h15H,2-11H2,1H3,(H,14,16). The summed E-state index contributed by atoms with van der Waals surface area (Å²) in [6, 6.07) is 0. The Labute approximate surface area is 104 Å². The highest BCUT2D eigenvalue weighted by molar-refractivity contribution is 5.76. The number of unbranched alkanes of at least 4 members (excludes halogenated alkanes) is 3. The van der Waals surface area contributed by atoms with Crippen molar-refractivity contribution in [2.45, 2.75) is 57.4 Å². The van der Waals surface area contributed by atoms with Crippen LogP contribution in [-0.2, 0) is 9.53 Å². The molecule has 0 bridgehead atoms. The first kappa shape index (κ1) is 14.5. The number of hydrogen-bond donors (Lipinski definition) is 2. The van der Waals surface area contributed by atoms with Gasteiger partial charge in [0.05, 0.1) is 12.1 Å². The summed E-state index contributed by atoms with van der Waals surface area (Å²) in [4.78, 5) is 11.8. The summed E-state index contributed by atoms with van der Waals surface area (Å²) in [7, 11) is 0. The van der Waals surface area contributed by atoms with Crippen molar-refractivity contribution in [2.24, 2.45) is 0 Å². The van der Waals surface area contributed by atoms with Gasteiger partial charge >= 0.3 is 0 Å². The molecule has 0 radical (unpaired) electrons. The van der Waals surface area contributed by atoms with Crippen molar-refractivity contribution >= 4 is 5.91 Å². The predicted molar refractivity (Wildman–Crippen MR) is 66.8 cm³/mol. The SMILES string of the molecule is CCCCCCC(=O)NC1(CO)CCOCC1. The largest absolute Gasteiger partial charge is 0.394 e. The predicted octanol–water partition coefficient (Wildman–Crippen LogP) is 1.61. The molecule has 1 fully saturated rings. The normalized spacial score (nSPS) is 18.9. The Morgan fingerprint density at radius 2 is 2.00 bits per heavy atom. The minimum Gasteiger partial charge on any atom is -0.394 e. The lowest BCUT2D eigenvalue weighted by Gasteiger charge is -2.36. The molecule has 0 unspecified atom stereocenters. The van der Waals surface area contributed by atoms with E-state index in [2.05, 4.69) is 12.2 Å². The number of aliphatic hydroxyl groups is 1. The van der Waals surface area contributed by atoms with E-state index in [4.69, 9.17) is 4.74 Å². The van der Waals surface area contributed by atoms with Crippen molar-refractivity contribution in [3.63, 3.8) is 0 Å². The van der Waals surface area contributed by atoms with Crippen LogP contribution in [0.25, 0.3) is 0 Å². The molecule has 0 spiro atoms. The van der Waals surface area contributed by atoms with Crippen LogP contribution in [0, 0.1) is 0 Å². The highest BCUT2D eigenvalue weighted by Crippen LogP contribution is 2.20. The Bertz CT molecular complexity index is 225. The maximum atomic E-state index is 11.8. The molecule has 17 heavy (non-hydrogen) atoms. The zero-order valence-electron chi connectivity index (χ0n) is 10.8. The summed E-state index contributed by atoms with van der Waals surface area (Å²) >= 11 is 0. The van der Waals surface area contributed by atoms with Gasteiger partial charge in [-0.05, 0) is 19.3 Å². The third kappa shape index (κ3) is 5.04. The summed E-state index contributed by atoms with van der Waals surface area (Å²) < 4.78 is 5.26. The van der Waals surface area contributed by atoms with E-state index in [1.807, 2.05) is 0 Å². The fraction of sp³-hybridized carbons (Fsp3) is 0.923. The maximum Gasteiger partial charge on any atom is 0.220 e. The molecule has 0 aromatic carbocycles. The van der Waals surface area contributed by atoms with Crippen molar-refractivity contribution in [3.8, 4) is 0 Å². The third-order valence-electron chi connectivity index (χ3n) is 3.41. The Morgan fingerprint density at radius 1 is 1.29 bits per heavy atom. The Hall–Kier alpha value is -0.610. The summed E-state index contributed by atoms with van der Waals surface area (Å²) in [5.74, 6) is 0.0667. The molecule has 0 atom stereocenters. The van der Waals surface area contributed by atoms with Gasteiger partial charge < -0.3 is 15.2 Å². The van der Waals surface area contributed by atoms with E-state index in [1.54, 1.807) is 0 Å². The van der Waals surface area contributed by atoms with Gasteiger partial charge in [-0.3, -0.25) is 4.79 Å². The van der Waals surface area contributed by atoms with Crippen LogP contribution < -0.4 is 5.32 Å². The number of carbonyl (C=O) groups excluding carboxylic acids is 1. The van der Waals surface area contributed by atoms with Gasteiger partial charge in [-0.2, -0.15) is 0 Å². The number of ether oxygens (including phenoxy) is 1. The monoisotopic (exact) mass is 243 g/mol. The smallest absolute Gasteiger partial charge is 0.220 e. The lowest BCUT2D eigenvalue weighted by molar-refractivity contribution is -0.125. The Morgan fingerprint density at radius 3 is 2.59 bits per heavy atom. The molecule has 1 rings (SSSR count). The van der Waals surface area contributed by atoms with Crippen molar-refractivity contribution in [1.82, 2.24) is 5.32 Å². The van der Waals surface area contributed by atoms with Crippen molar-refractivity contribution < 1.29 is 14.6 Å². The highest BCUT2D eigenvalue weighted by Gasteiger charge is 2.33. The van der Waals surface area contributed by atoms with Gasteiger partial charge in [-0.1, -0.05) is 26.2 Å². The molecule has 0 aromatic heterocycles. The molecule has 0 saturated carbocycles. The molecule has 0 aliphatic carbocycles. The Kier molecular flexibility index (Phi) is 6.52. The van der Waals surface area contributed by atoms with Crippen LogP contribution in [0.3, 0.4) is 0 Å². The first-order valence-corrected chi connectivity index (χ1v) is 6.72. The van der Waals surface area contributed by atoms with E-state index in [0.717, 1.165) is 12.8 Å². The number of carbonyl (C=O) groups is 1. The fourth-order valence-electron chi connectivity index (χ4n) is 2.16. The molecule has 4 nitrogen and oxygen atoms in total. The fourth-order valence-corrected chi connectivity index (χ4v) is 2.16. The van der Waals surface area contributed by atoms with Crippen molar-refractivity contribution in [2.75, 3.05) is 19.8 Å². The second kappa shape index (κ2) is 7.67. The summed E-state index contributed by atoms with van der Waals surface area (Å²) in [6.45, 7) is 3.41. The first-order valence-electron chi connectivity index (χ1n) is 6.72. The summed E-state index contributed by atoms with van der Waals surface area (Å²) in [6.07, 6.45) is 6.42. The zero-order valence-corrected chi connectivity index (χ0v) is 10.8. The minimum atomic E-state index is -0.430. The Balaban J connectivity index is 2.27. The summed E-state index contributed by atoms with van der Waals surface area (Å²) in [5, 5.41) is 12.4. The van der Waals surface area contributed by atoms with E-state index in [-0.39, 0.29) is 12.5 Å². The van der Waals surface area contributed by atoms with Crippen molar-refractivity contribution in [1.29, 1.82) is 0 Å². The average molecular weight is 243 g/mol. The van der Waals surface area contributed by atoms with Crippen LogP contribution in [0.2, 0.25) is 0 Å². The van der Waals surface area contributed by atoms with Crippen LogP contribution >= 0.6 is 0 Å². The number of nitrogens with one attached hydrogen (secondary N) is 1. The van der Waals surface area contributed by atoms with Crippen LogP contribution in [0.4, 0.5) is 0 Å². The number of hydrogen-bond acceptors (Lipinski definition) is 3. The van der Waals surface area contributed by atoms with Gasteiger partial charge in [0.1, 0.15) is 0 Å². The van der Waals surface area contributed by atoms with Crippen LogP contribution in [0.15, 0.2) is 0 Å². The van der Waals surface area contributed by atoms with Gasteiger partial charge in [0.25, 0.3) is 0 Å². The third-order valence-corrected chi connectivity index (χ3v) is 3.41. The van der Waals surface area contributed by atoms with Gasteiger partial charge in [-0.15, -0.1) is 0 Å². The zero-order chi connectivity index (χ0) is 12.6. The molecule has 4 heteroatoms. The molecule has 1 aliphatic heterocycles. The molecular formula is C13H25NO3. The van der Waals surface area contributed by atoms with Crippen LogP contribution in [0.1, 0.15) is 51.9 Å². The van der Waals surface area contributed by atoms with Crippen LogP contribution in [0.5, 0.6) is 0 Å². The molecule has 1 heterocycles. The highest BCUT2D eigenvalue weighted by atomic mass is 16.5. The number of aliphatic hydroxyl groups excluding tert-OH is 1. The number of rotatable bonds is 7. The van der Waals surface area contributed by atoms with E-state index >= 15 is 0 Å². The van der Waals surface area contributed by atoms with Gasteiger partial charge in [0, 0.05) is 19.6 Å². The molecule has 2 N–H and O–H groups in total. The molecular weight excluding hydrogens is 218 g/mol. The van der Waals surface area contributed by atoms with Crippen molar-refractivity contribution in [3.05, 3.63) is 0 Å². The topological polar surface area (TPSA) is 58.6 Å². The molecule has 1 saturated heterocycles. The van der Waals surface area contributed by atoms with E-state index in [9.17, 15) is 9.90 Å². The van der Waals surface area contributed by atoms with Gasteiger partial charge in [0.15, 0.2) is 0 Å². The lowest BCUT2D eigenvalue weighted by atomic mass is 9.90. The molecule has 1 amide bonds. The number of amides is 1. The average Bonchev–Trinajstić information content (AvgIpc) is 2.36. The summed E-state index contributed by atoms with van der Waals surface area (Å²) in [5.41, 5.74) is -0.430. The van der Waals surface area contributed by atoms with E-state index in [0.29, 0.717) is 32.5 Å². The molecule has 0 aromatic rings. The first-order chi connectivity index (χ1) is 8.22. The molecule has 100 valence electrons.